The maximum Gasteiger partial charge on any atom is 0.252 e. The van der Waals surface area contributed by atoms with E-state index in [0.717, 1.165) is 12.8 Å². The van der Waals surface area contributed by atoms with E-state index in [-0.39, 0.29) is 5.91 Å². The summed E-state index contributed by atoms with van der Waals surface area (Å²) in [4.78, 5) is 16.0. The standard InChI is InChI=1S/C13H25N3O/c1-4-6-7-8-9-10-13(3)11(17)15-12(16-13)14-5-2/h4-10H2,1-3H3,(H2,14,15,16,17). The van der Waals surface area contributed by atoms with Crippen molar-refractivity contribution < 1.29 is 4.79 Å². The highest BCUT2D eigenvalue weighted by atomic mass is 16.2. The molecular weight excluding hydrogens is 214 g/mol. The molecule has 1 rings (SSSR count). The van der Waals surface area contributed by atoms with E-state index in [9.17, 15) is 4.79 Å². The lowest BCUT2D eigenvalue weighted by molar-refractivity contribution is -0.123. The average Bonchev–Trinajstić information content (AvgIpc) is 2.55. The molecule has 0 aromatic carbocycles. The Hall–Kier alpha value is -1.06. The predicted octanol–water partition coefficient (Wildman–Crippen LogP) is 2.20. The van der Waals surface area contributed by atoms with Crippen LogP contribution in [0.2, 0.25) is 0 Å². The first kappa shape index (κ1) is 14.0. The van der Waals surface area contributed by atoms with Crippen LogP contribution >= 0.6 is 0 Å². The van der Waals surface area contributed by atoms with Crippen molar-refractivity contribution in [2.24, 2.45) is 4.99 Å². The molecule has 4 nitrogen and oxygen atoms in total. The summed E-state index contributed by atoms with van der Waals surface area (Å²) in [7, 11) is 0. The Morgan fingerprint density at radius 3 is 2.53 bits per heavy atom. The first-order valence-electron chi connectivity index (χ1n) is 6.76. The summed E-state index contributed by atoms with van der Waals surface area (Å²) in [5.41, 5.74) is -0.458. The van der Waals surface area contributed by atoms with Crippen molar-refractivity contribution in [2.45, 2.75) is 64.8 Å². The van der Waals surface area contributed by atoms with Crippen LogP contribution in [0.3, 0.4) is 0 Å². The van der Waals surface area contributed by atoms with Crippen molar-refractivity contribution in [2.75, 3.05) is 6.54 Å². The number of hydrogen-bond donors (Lipinski definition) is 2. The molecule has 1 fully saturated rings. The lowest BCUT2D eigenvalue weighted by atomic mass is 9.94. The van der Waals surface area contributed by atoms with Crippen LogP contribution in [0.15, 0.2) is 4.99 Å². The fourth-order valence-electron chi connectivity index (χ4n) is 2.09. The van der Waals surface area contributed by atoms with E-state index in [1.807, 2.05) is 13.8 Å². The van der Waals surface area contributed by atoms with Crippen LogP contribution in [0.4, 0.5) is 0 Å². The zero-order valence-electron chi connectivity index (χ0n) is 11.3. The second-order valence-corrected chi connectivity index (χ2v) is 4.90. The van der Waals surface area contributed by atoms with Gasteiger partial charge in [0, 0.05) is 6.54 Å². The van der Waals surface area contributed by atoms with E-state index in [2.05, 4.69) is 22.5 Å². The van der Waals surface area contributed by atoms with Gasteiger partial charge in [-0.1, -0.05) is 39.0 Å². The summed E-state index contributed by atoms with van der Waals surface area (Å²) in [6.45, 7) is 6.82. The summed E-state index contributed by atoms with van der Waals surface area (Å²) in [6.07, 6.45) is 6.99. The molecule has 17 heavy (non-hydrogen) atoms. The summed E-state index contributed by atoms with van der Waals surface area (Å²) in [6, 6.07) is 0. The molecule has 0 radical (unpaired) electrons. The van der Waals surface area contributed by atoms with Crippen molar-refractivity contribution in [1.29, 1.82) is 0 Å². The molecule has 1 atom stereocenters. The first-order valence-corrected chi connectivity index (χ1v) is 6.76. The highest BCUT2D eigenvalue weighted by Gasteiger charge is 2.39. The molecule has 98 valence electrons. The van der Waals surface area contributed by atoms with Crippen LogP contribution in [0, 0.1) is 0 Å². The Bertz CT molecular complexity index is 288. The molecular formula is C13H25N3O. The monoisotopic (exact) mass is 239 g/mol. The number of hydrogen-bond acceptors (Lipinski definition) is 2. The smallest absolute Gasteiger partial charge is 0.252 e. The molecule has 1 heterocycles. The number of amides is 1. The summed E-state index contributed by atoms with van der Waals surface area (Å²) in [5, 5.41) is 6.00. The van der Waals surface area contributed by atoms with Gasteiger partial charge in [-0.25, -0.2) is 0 Å². The number of carbonyl (C=O) groups is 1. The maximum atomic E-state index is 11.8. The van der Waals surface area contributed by atoms with Crippen molar-refractivity contribution in [3.63, 3.8) is 0 Å². The number of carbonyl (C=O) groups excluding carboxylic acids is 1. The Morgan fingerprint density at radius 1 is 1.18 bits per heavy atom. The first-order chi connectivity index (χ1) is 8.12. The van der Waals surface area contributed by atoms with E-state index in [0.29, 0.717) is 12.5 Å². The van der Waals surface area contributed by atoms with E-state index < -0.39 is 5.54 Å². The van der Waals surface area contributed by atoms with Crippen LogP contribution in [0.5, 0.6) is 0 Å². The molecule has 0 spiro atoms. The van der Waals surface area contributed by atoms with Crippen molar-refractivity contribution in [3.8, 4) is 0 Å². The van der Waals surface area contributed by atoms with E-state index >= 15 is 0 Å². The van der Waals surface area contributed by atoms with E-state index in [1.165, 1.54) is 25.7 Å². The molecule has 1 amide bonds. The molecule has 2 N–H and O–H groups in total. The third-order valence-corrected chi connectivity index (χ3v) is 3.22. The normalized spacial score (nSPS) is 26.1. The SMILES string of the molecule is CCCCCCCC1(C)NC(=NCC)NC1=O. The zero-order chi connectivity index (χ0) is 12.7. The van der Waals surface area contributed by atoms with Gasteiger partial charge in [-0.15, -0.1) is 0 Å². The van der Waals surface area contributed by atoms with Crippen LogP contribution in [0.25, 0.3) is 0 Å². The topological polar surface area (TPSA) is 53.5 Å². The van der Waals surface area contributed by atoms with E-state index in [1.54, 1.807) is 0 Å². The van der Waals surface area contributed by atoms with Gasteiger partial charge in [0.2, 0.25) is 0 Å². The van der Waals surface area contributed by atoms with Crippen LogP contribution < -0.4 is 10.6 Å². The highest BCUT2D eigenvalue weighted by molar-refractivity contribution is 6.08. The maximum absolute atomic E-state index is 11.8. The fourth-order valence-corrected chi connectivity index (χ4v) is 2.09. The molecule has 0 aromatic heterocycles. The molecule has 1 saturated heterocycles. The molecule has 0 bridgehead atoms. The van der Waals surface area contributed by atoms with Gasteiger partial charge in [0.15, 0.2) is 5.96 Å². The van der Waals surface area contributed by atoms with Gasteiger partial charge < -0.3 is 5.32 Å². The van der Waals surface area contributed by atoms with Crippen molar-refractivity contribution in [1.82, 2.24) is 10.6 Å². The van der Waals surface area contributed by atoms with Gasteiger partial charge in [-0.05, 0) is 20.3 Å². The van der Waals surface area contributed by atoms with Crippen molar-refractivity contribution >= 4 is 11.9 Å². The minimum atomic E-state index is -0.458. The lowest BCUT2D eigenvalue weighted by Gasteiger charge is -2.20. The molecule has 0 aromatic rings. The highest BCUT2D eigenvalue weighted by Crippen LogP contribution is 2.19. The fraction of sp³-hybridized carbons (Fsp3) is 0.846. The Morgan fingerprint density at radius 2 is 1.88 bits per heavy atom. The summed E-state index contributed by atoms with van der Waals surface area (Å²) < 4.78 is 0. The number of nitrogens with one attached hydrogen (secondary N) is 2. The van der Waals surface area contributed by atoms with Gasteiger partial charge >= 0.3 is 0 Å². The van der Waals surface area contributed by atoms with Gasteiger partial charge in [0.25, 0.3) is 5.91 Å². The largest absolute Gasteiger partial charge is 0.342 e. The third-order valence-electron chi connectivity index (χ3n) is 3.22. The molecule has 1 aliphatic rings. The van der Waals surface area contributed by atoms with Crippen LogP contribution in [-0.4, -0.2) is 24.0 Å². The lowest BCUT2D eigenvalue weighted by Crippen LogP contribution is -2.43. The molecule has 1 aliphatic heterocycles. The number of guanidine groups is 1. The number of aliphatic imine (C=N–C) groups is 1. The van der Waals surface area contributed by atoms with Gasteiger partial charge in [0.05, 0.1) is 0 Å². The summed E-state index contributed by atoms with van der Waals surface area (Å²) in [5.74, 6) is 0.689. The van der Waals surface area contributed by atoms with Gasteiger partial charge in [-0.2, -0.15) is 0 Å². The van der Waals surface area contributed by atoms with E-state index in [4.69, 9.17) is 0 Å². The van der Waals surface area contributed by atoms with Gasteiger partial charge in [0.1, 0.15) is 5.54 Å². The molecule has 1 unspecified atom stereocenters. The molecule has 0 aliphatic carbocycles. The zero-order valence-corrected chi connectivity index (χ0v) is 11.3. The number of rotatable bonds is 7. The third kappa shape index (κ3) is 4.02. The summed E-state index contributed by atoms with van der Waals surface area (Å²) >= 11 is 0. The van der Waals surface area contributed by atoms with Crippen LogP contribution in [-0.2, 0) is 4.79 Å². The quantitative estimate of drug-likeness (QED) is 0.669. The minimum Gasteiger partial charge on any atom is -0.342 e. The Kier molecular flexibility index (Phi) is 5.45. The number of unbranched alkanes of at least 4 members (excludes halogenated alkanes) is 4. The number of nitrogens with zero attached hydrogens (tertiary/aromatic N) is 1. The van der Waals surface area contributed by atoms with Crippen molar-refractivity contribution in [3.05, 3.63) is 0 Å². The second-order valence-electron chi connectivity index (χ2n) is 4.90. The Balaban J connectivity index is 2.36. The molecule has 0 saturated carbocycles. The predicted molar refractivity (Wildman–Crippen MR) is 71.0 cm³/mol. The molecule has 4 heteroatoms. The van der Waals surface area contributed by atoms with Gasteiger partial charge in [-0.3, -0.25) is 15.1 Å². The Labute approximate surface area is 104 Å². The second kappa shape index (κ2) is 6.62. The van der Waals surface area contributed by atoms with Crippen LogP contribution in [0.1, 0.15) is 59.3 Å². The minimum absolute atomic E-state index is 0.0557. The average molecular weight is 239 g/mol.